The standard InChI is InChI=1S/C20H33N5O2/c1-4-21-20(23-16-19(26)25-11-7-8-12-25)22-15-17-9-5-6-10-18(17)27-14-13-24(2)3/h5-6,9-10H,4,7-8,11-16H2,1-3H3,(H2,21,22,23). The third kappa shape index (κ3) is 7.46. The van der Waals surface area contributed by atoms with Crippen LogP contribution in [-0.4, -0.2) is 75.1 Å². The molecule has 0 unspecified atom stereocenters. The Labute approximate surface area is 162 Å². The first-order valence-electron chi connectivity index (χ1n) is 9.75. The Morgan fingerprint density at radius 3 is 2.67 bits per heavy atom. The molecule has 1 aliphatic rings. The van der Waals surface area contributed by atoms with Gasteiger partial charge in [-0.3, -0.25) is 4.79 Å². The number of hydrogen-bond acceptors (Lipinski definition) is 4. The molecule has 2 rings (SSSR count). The van der Waals surface area contributed by atoms with E-state index >= 15 is 0 Å². The van der Waals surface area contributed by atoms with Crippen LogP contribution in [0.1, 0.15) is 25.3 Å². The van der Waals surface area contributed by atoms with Crippen LogP contribution in [0.2, 0.25) is 0 Å². The van der Waals surface area contributed by atoms with Gasteiger partial charge < -0.3 is 25.2 Å². The molecule has 0 aromatic heterocycles. The highest BCUT2D eigenvalue weighted by molar-refractivity contribution is 5.86. The lowest BCUT2D eigenvalue weighted by molar-refractivity contribution is -0.128. The minimum Gasteiger partial charge on any atom is -0.492 e. The molecule has 2 N–H and O–H groups in total. The number of likely N-dealkylation sites (tertiary alicyclic amines) is 1. The SMILES string of the molecule is CCNC(=NCc1ccccc1OCCN(C)C)NCC(=O)N1CCCC1. The Balaban J connectivity index is 1.92. The van der Waals surface area contributed by atoms with Crippen molar-refractivity contribution in [1.29, 1.82) is 0 Å². The quantitative estimate of drug-likeness (QED) is 0.503. The van der Waals surface area contributed by atoms with Crippen LogP contribution in [0.4, 0.5) is 0 Å². The molecule has 1 aliphatic heterocycles. The number of aliphatic imine (C=N–C) groups is 1. The second-order valence-electron chi connectivity index (χ2n) is 6.90. The normalized spacial score (nSPS) is 14.5. The van der Waals surface area contributed by atoms with E-state index in [1.165, 1.54) is 0 Å². The molecule has 7 heteroatoms. The number of carbonyl (C=O) groups excluding carboxylic acids is 1. The molecule has 150 valence electrons. The van der Waals surface area contributed by atoms with Crippen molar-refractivity contribution in [2.75, 3.05) is 53.4 Å². The Morgan fingerprint density at radius 1 is 1.22 bits per heavy atom. The highest BCUT2D eigenvalue weighted by atomic mass is 16.5. The molecule has 1 aromatic carbocycles. The number of benzene rings is 1. The summed E-state index contributed by atoms with van der Waals surface area (Å²) >= 11 is 0. The predicted molar refractivity (Wildman–Crippen MR) is 109 cm³/mol. The van der Waals surface area contributed by atoms with E-state index in [2.05, 4.69) is 20.5 Å². The summed E-state index contributed by atoms with van der Waals surface area (Å²) in [6.07, 6.45) is 2.20. The van der Waals surface area contributed by atoms with Gasteiger partial charge in [-0.15, -0.1) is 0 Å². The van der Waals surface area contributed by atoms with Crippen molar-refractivity contribution >= 4 is 11.9 Å². The van der Waals surface area contributed by atoms with Gasteiger partial charge in [0.25, 0.3) is 0 Å². The van der Waals surface area contributed by atoms with E-state index in [-0.39, 0.29) is 12.5 Å². The van der Waals surface area contributed by atoms with Gasteiger partial charge in [0.1, 0.15) is 12.4 Å². The molecule has 1 saturated heterocycles. The number of ether oxygens (including phenoxy) is 1. The van der Waals surface area contributed by atoms with Crippen molar-refractivity contribution in [1.82, 2.24) is 20.4 Å². The van der Waals surface area contributed by atoms with E-state index in [0.29, 0.717) is 19.1 Å². The summed E-state index contributed by atoms with van der Waals surface area (Å²) in [5.74, 6) is 1.63. The molecule has 27 heavy (non-hydrogen) atoms. The molecule has 0 bridgehead atoms. The number of guanidine groups is 1. The van der Waals surface area contributed by atoms with Gasteiger partial charge >= 0.3 is 0 Å². The topological polar surface area (TPSA) is 69.2 Å². The van der Waals surface area contributed by atoms with Crippen LogP contribution in [-0.2, 0) is 11.3 Å². The van der Waals surface area contributed by atoms with Crippen molar-refractivity contribution in [3.63, 3.8) is 0 Å². The molecule has 0 saturated carbocycles. The highest BCUT2D eigenvalue weighted by Gasteiger charge is 2.17. The first kappa shape index (κ1) is 21.0. The first-order chi connectivity index (χ1) is 13.1. The fraction of sp³-hybridized carbons (Fsp3) is 0.600. The maximum atomic E-state index is 12.2. The second kappa shape index (κ2) is 11.4. The lowest BCUT2D eigenvalue weighted by Gasteiger charge is -2.17. The Morgan fingerprint density at radius 2 is 1.96 bits per heavy atom. The molecule has 1 heterocycles. The molecule has 7 nitrogen and oxygen atoms in total. The molecule has 0 atom stereocenters. The zero-order valence-electron chi connectivity index (χ0n) is 16.8. The number of nitrogens with zero attached hydrogens (tertiary/aromatic N) is 3. The van der Waals surface area contributed by atoms with Crippen LogP contribution in [0.5, 0.6) is 5.75 Å². The lowest BCUT2D eigenvalue weighted by Crippen LogP contribution is -2.44. The maximum absolute atomic E-state index is 12.2. The van der Waals surface area contributed by atoms with E-state index in [0.717, 1.165) is 50.3 Å². The van der Waals surface area contributed by atoms with Gasteiger partial charge in [-0.25, -0.2) is 4.99 Å². The van der Waals surface area contributed by atoms with E-state index < -0.39 is 0 Å². The zero-order valence-corrected chi connectivity index (χ0v) is 16.8. The minimum atomic E-state index is 0.130. The number of hydrogen-bond donors (Lipinski definition) is 2. The number of likely N-dealkylation sites (N-methyl/N-ethyl adjacent to an activating group) is 1. The van der Waals surface area contributed by atoms with Crippen LogP contribution >= 0.6 is 0 Å². The molecule has 1 aromatic rings. The third-order valence-electron chi connectivity index (χ3n) is 4.39. The maximum Gasteiger partial charge on any atom is 0.241 e. The van der Waals surface area contributed by atoms with Crippen LogP contribution in [0.3, 0.4) is 0 Å². The largest absolute Gasteiger partial charge is 0.492 e. The van der Waals surface area contributed by atoms with Crippen molar-refractivity contribution < 1.29 is 9.53 Å². The van der Waals surface area contributed by atoms with E-state index in [1.807, 2.05) is 50.2 Å². The molecule has 0 spiro atoms. The smallest absolute Gasteiger partial charge is 0.241 e. The fourth-order valence-electron chi connectivity index (χ4n) is 2.86. The molecule has 0 radical (unpaired) electrons. The summed E-state index contributed by atoms with van der Waals surface area (Å²) < 4.78 is 5.89. The van der Waals surface area contributed by atoms with Gasteiger partial charge in [0.15, 0.2) is 5.96 Å². The zero-order chi connectivity index (χ0) is 19.5. The Bertz CT molecular complexity index is 612. The molecular weight excluding hydrogens is 342 g/mol. The number of para-hydroxylation sites is 1. The number of carbonyl (C=O) groups is 1. The molecule has 1 fully saturated rings. The van der Waals surface area contributed by atoms with Crippen molar-refractivity contribution in [2.24, 2.45) is 4.99 Å². The second-order valence-corrected chi connectivity index (χ2v) is 6.90. The van der Waals surface area contributed by atoms with Crippen molar-refractivity contribution in [3.8, 4) is 5.75 Å². The van der Waals surface area contributed by atoms with Gasteiger partial charge in [-0.05, 0) is 39.9 Å². The third-order valence-corrected chi connectivity index (χ3v) is 4.39. The summed E-state index contributed by atoms with van der Waals surface area (Å²) in [6, 6.07) is 7.95. The lowest BCUT2D eigenvalue weighted by atomic mass is 10.2. The summed E-state index contributed by atoms with van der Waals surface area (Å²) in [5, 5.41) is 6.34. The summed E-state index contributed by atoms with van der Waals surface area (Å²) in [6.45, 7) is 6.75. The van der Waals surface area contributed by atoms with E-state index in [1.54, 1.807) is 0 Å². The molecule has 0 aliphatic carbocycles. The molecule has 1 amide bonds. The first-order valence-corrected chi connectivity index (χ1v) is 9.75. The minimum absolute atomic E-state index is 0.130. The van der Waals surface area contributed by atoms with Crippen LogP contribution < -0.4 is 15.4 Å². The average molecular weight is 376 g/mol. The van der Waals surface area contributed by atoms with Crippen molar-refractivity contribution in [3.05, 3.63) is 29.8 Å². The average Bonchev–Trinajstić information content (AvgIpc) is 3.19. The number of amides is 1. The summed E-state index contributed by atoms with van der Waals surface area (Å²) in [5.41, 5.74) is 1.03. The van der Waals surface area contributed by atoms with Gasteiger partial charge in [0, 0.05) is 31.7 Å². The molecular formula is C20H33N5O2. The number of nitrogens with one attached hydrogen (secondary N) is 2. The van der Waals surface area contributed by atoms with Gasteiger partial charge in [0.2, 0.25) is 5.91 Å². The van der Waals surface area contributed by atoms with Crippen LogP contribution in [0, 0.1) is 0 Å². The Hall–Kier alpha value is -2.28. The highest BCUT2D eigenvalue weighted by Crippen LogP contribution is 2.18. The summed E-state index contributed by atoms with van der Waals surface area (Å²) in [7, 11) is 4.05. The van der Waals surface area contributed by atoms with E-state index in [9.17, 15) is 4.79 Å². The van der Waals surface area contributed by atoms with Crippen molar-refractivity contribution in [2.45, 2.75) is 26.3 Å². The van der Waals surface area contributed by atoms with Gasteiger partial charge in [-0.2, -0.15) is 0 Å². The predicted octanol–water partition coefficient (Wildman–Crippen LogP) is 1.30. The van der Waals surface area contributed by atoms with Gasteiger partial charge in [-0.1, -0.05) is 18.2 Å². The van der Waals surface area contributed by atoms with Crippen LogP contribution in [0.25, 0.3) is 0 Å². The Kier molecular flexibility index (Phi) is 8.91. The number of rotatable bonds is 9. The van der Waals surface area contributed by atoms with Gasteiger partial charge in [0.05, 0.1) is 13.1 Å². The summed E-state index contributed by atoms with van der Waals surface area (Å²) in [4.78, 5) is 20.8. The fourth-order valence-corrected chi connectivity index (χ4v) is 2.86. The monoisotopic (exact) mass is 375 g/mol. The van der Waals surface area contributed by atoms with E-state index in [4.69, 9.17) is 4.74 Å². The van der Waals surface area contributed by atoms with Crippen LogP contribution in [0.15, 0.2) is 29.3 Å².